The standard InChI is InChI=1S/C7H10N4/c8-7(9)4-11-5-2-1-3-10-6(5)7/h1-3,11H,4,8-9H2. The van der Waals surface area contributed by atoms with Crippen LogP contribution in [-0.2, 0) is 5.66 Å². The lowest BCUT2D eigenvalue weighted by Gasteiger charge is -2.15. The zero-order valence-corrected chi connectivity index (χ0v) is 6.04. The van der Waals surface area contributed by atoms with Crippen LogP contribution in [0, 0.1) is 0 Å². The lowest BCUT2D eigenvalue weighted by atomic mass is 10.1. The molecule has 0 atom stereocenters. The minimum Gasteiger partial charge on any atom is -0.380 e. The van der Waals surface area contributed by atoms with Gasteiger partial charge in [-0.05, 0) is 12.1 Å². The van der Waals surface area contributed by atoms with Gasteiger partial charge in [0.15, 0.2) is 0 Å². The molecule has 0 radical (unpaired) electrons. The molecular formula is C7H10N4. The third kappa shape index (κ3) is 0.875. The number of hydrogen-bond donors (Lipinski definition) is 3. The van der Waals surface area contributed by atoms with Crippen molar-refractivity contribution in [2.75, 3.05) is 11.9 Å². The van der Waals surface area contributed by atoms with Crippen molar-refractivity contribution in [2.24, 2.45) is 11.5 Å². The number of anilines is 1. The molecule has 0 unspecified atom stereocenters. The van der Waals surface area contributed by atoms with Gasteiger partial charge in [0.1, 0.15) is 5.66 Å². The zero-order valence-electron chi connectivity index (χ0n) is 6.04. The number of nitrogens with one attached hydrogen (secondary N) is 1. The molecule has 0 saturated heterocycles. The van der Waals surface area contributed by atoms with Crippen LogP contribution in [0.1, 0.15) is 5.69 Å². The summed E-state index contributed by atoms with van der Waals surface area (Å²) < 4.78 is 0. The molecule has 2 rings (SSSR count). The van der Waals surface area contributed by atoms with E-state index in [4.69, 9.17) is 11.5 Å². The minimum absolute atomic E-state index is 0.555. The molecule has 0 spiro atoms. The Morgan fingerprint density at radius 2 is 2.36 bits per heavy atom. The highest BCUT2D eigenvalue weighted by molar-refractivity contribution is 5.55. The second-order valence-corrected chi connectivity index (χ2v) is 2.79. The molecule has 0 bridgehead atoms. The molecule has 0 saturated carbocycles. The maximum atomic E-state index is 5.74. The quantitative estimate of drug-likeness (QED) is 0.439. The van der Waals surface area contributed by atoms with Gasteiger partial charge < -0.3 is 16.8 Å². The number of nitrogens with zero attached hydrogens (tertiary/aromatic N) is 1. The molecule has 1 aromatic rings. The van der Waals surface area contributed by atoms with Gasteiger partial charge in [0, 0.05) is 6.20 Å². The van der Waals surface area contributed by atoms with Crippen LogP contribution in [0.3, 0.4) is 0 Å². The molecule has 0 fully saturated rings. The Morgan fingerprint density at radius 1 is 1.55 bits per heavy atom. The third-order valence-corrected chi connectivity index (χ3v) is 1.82. The fourth-order valence-electron chi connectivity index (χ4n) is 1.24. The zero-order chi connectivity index (χ0) is 7.90. The fraction of sp³-hybridized carbons (Fsp3) is 0.286. The number of pyridine rings is 1. The number of nitrogens with two attached hydrogens (primary N) is 2. The van der Waals surface area contributed by atoms with Crippen LogP contribution in [0.25, 0.3) is 0 Å². The lowest BCUT2D eigenvalue weighted by Crippen LogP contribution is -2.48. The predicted molar refractivity (Wildman–Crippen MR) is 42.8 cm³/mol. The van der Waals surface area contributed by atoms with E-state index in [1.807, 2.05) is 12.1 Å². The molecular weight excluding hydrogens is 140 g/mol. The Bertz CT molecular complexity index is 282. The molecule has 4 heteroatoms. The highest BCUT2D eigenvalue weighted by Crippen LogP contribution is 2.25. The van der Waals surface area contributed by atoms with Crippen molar-refractivity contribution in [3.63, 3.8) is 0 Å². The third-order valence-electron chi connectivity index (χ3n) is 1.82. The van der Waals surface area contributed by atoms with Crippen molar-refractivity contribution in [2.45, 2.75) is 5.66 Å². The van der Waals surface area contributed by atoms with Crippen LogP contribution < -0.4 is 16.8 Å². The van der Waals surface area contributed by atoms with Crippen molar-refractivity contribution < 1.29 is 0 Å². The first-order chi connectivity index (χ1) is 5.20. The van der Waals surface area contributed by atoms with Gasteiger partial charge in [-0.2, -0.15) is 0 Å². The van der Waals surface area contributed by atoms with E-state index < -0.39 is 5.66 Å². The summed E-state index contributed by atoms with van der Waals surface area (Å²) in [4.78, 5) is 4.10. The van der Waals surface area contributed by atoms with Gasteiger partial charge in [0.2, 0.25) is 0 Å². The van der Waals surface area contributed by atoms with Crippen molar-refractivity contribution in [3.05, 3.63) is 24.0 Å². The molecule has 5 N–H and O–H groups in total. The number of fused-ring (bicyclic) bond motifs is 1. The van der Waals surface area contributed by atoms with E-state index >= 15 is 0 Å². The Morgan fingerprint density at radius 3 is 3.09 bits per heavy atom. The van der Waals surface area contributed by atoms with Crippen molar-refractivity contribution in [1.82, 2.24) is 4.98 Å². The largest absolute Gasteiger partial charge is 0.380 e. The highest BCUT2D eigenvalue weighted by atomic mass is 15.1. The summed E-state index contributed by atoms with van der Waals surface area (Å²) in [5, 5.41) is 3.08. The van der Waals surface area contributed by atoms with Gasteiger partial charge in [-0.15, -0.1) is 0 Å². The summed E-state index contributed by atoms with van der Waals surface area (Å²) >= 11 is 0. The average Bonchev–Trinajstić information content (AvgIpc) is 2.29. The molecule has 1 aliphatic heterocycles. The predicted octanol–water partition coefficient (Wildman–Crippen LogP) is -0.423. The van der Waals surface area contributed by atoms with Crippen LogP contribution >= 0.6 is 0 Å². The normalized spacial score (nSPS) is 19.1. The SMILES string of the molecule is NC1(N)CNc2cccnc21. The second-order valence-electron chi connectivity index (χ2n) is 2.79. The summed E-state index contributed by atoms with van der Waals surface area (Å²) in [5.74, 6) is 0. The van der Waals surface area contributed by atoms with Crippen LogP contribution in [0.4, 0.5) is 5.69 Å². The van der Waals surface area contributed by atoms with E-state index in [2.05, 4.69) is 10.3 Å². The van der Waals surface area contributed by atoms with Crippen LogP contribution in [0.2, 0.25) is 0 Å². The number of aromatic nitrogens is 1. The molecule has 4 nitrogen and oxygen atoms in total. The van der Waals surface area contributed by atoms with Crippen LogP contribution in [0.5, 0.6) is 0 Å². The van der Waals surface area contributed by atoms with E-state index in [1.165, 1.54) is 0 Å². The average molecular weight is 150 g/mol. The van der Waals surface area contributed by atoms with Crippen molar-refractivity contribution in [1.29, 1.82) is 0 Å². The van der Waals surface area contributed by atoms with Gasteiger partial charge in [-0.1, -0.05) is 0 Å². The fourth-order valence-corrected chi connectivity index (χ4v) is 1.24. The molecule has 0 aromatic carbocycles. The van der Waals surface area contributed by atoms with Crippen LogP contribution in [-0.4, -0.2) is 11.5 Å². The second kappa shape index (κ2) is 1.93. The van der Waals surface area contributed by atoms with E-state index in [0.717, 1.165) is 11.4 Å². The van der Waals surface area contributed by atoms with Gasteiger partial charge in [-0.25, -0.2) is 0 Å². The van der Waals surface area contributed by atoms with Gasteiger partial charge in [0.05, 0.1) is 17.9 Å². The molecule has 1 aromatic heterocycles. The Kier molecular flexibility index (Phi) is 1.15. The van der Waals surface area contributed by atoms with E-state index in [0.29, 0.717) is 6.54 Å². The first-order valence-electron chi connectivity index (χ1n) is 3.47. The van der Waals surface area contributed by atoms with Crippen LogP contribution in [0.15, 0.2) is 18.3 Å². The van der Waals surface area contributed by atoms with Crippen molar-refractivity contribution in [3.8, 4) is 0 Å². The summed E-state index contributed by atoms with van der Waals surface area (Å²) in [6, 6.07) is 3.77. The van der Waals surface area contributed by atoms with E-state index in [-0.39, 0.29) is 0 Å². The molecule has 11 heavy (non-hydrogen) atoms. The maximum Gasteiger partial charge on any atom is 0.127 e. The first-order valence-corrected chi connectivity index (χ1v) is 3.47. The number of rotatable bonds is 0. The molecule has 1 aliphatic rings. The Hall–Kier alpha value is -1.13. The molecule has 0 aliphatic carbocycles. The van der Waals surface area contributed by atoms with E-state index in [9.17, 15) is 0 Å². The lowest BCUT2D eigenvalue weighted by molar-refractivity contribution is 0.503. The van der Waals surface area contributed by atoms with Gasteiger partial charge >= 0.3 is 0 Å². The minimum atomic E-state index is -0.795. The molecule has 0 amide bonds. The van der Waals surface area contributed by atoms with Gasteiger partial charge in [0.25, 0.3) is 0 Å². The van der Waals surface area contributed by atoms with Gasteiger partial charge in [-0.3, -0.25) is 4.98 Å². The summed E-state index contributed by atoms with van der Waals surface area (Å²) in [7, 11) is 0. The summed E-state index contributed by atoms with van der Waals surface area (Å²) in [6.45, 7) is 0.555. The Balaban J connectivity index is 2.56. The maximum absolute atomic E-state index is 5.74. The number of hydrogen-bond acceptors (Lipinski definition) is 4. The molecule has 2 heterocycles. The van der Waals surface area contributed by atoms with Crippen molar-refractivity contribution >= 4 is 5.69 Å². The highest BCUT2D eigenvalue weighted by Gasteiger charge is 2.31. The van der Waals surface area contributed by atoms with E-state index in [1.54, 1.807) is 6.20 Å². The summed E-state index contributed by atoms with van der Waals surface area (Å²) in [6.07, 6.45) is 1.69. The smallest absolute Gasteiger partial charge is 0.127 e. The topological polar surface area (TPSA) is 77.0 Å². The Labute approximate surface area is 64.6 Å². The summed E-state index contributed by atoms with van der Waals surface area (Å²) in [5.41, 5.74) is 12.4. The first kappa shape index (κ1) is 6.57. The monoisotopic (exact) mass is 150 g/mol. The molecule has 58 valence electrons.